The summed E-state index contributed by atoms with van der Waals surface area (Å²) in [5.41, 5.74) is 0.326. The molecule has 0 amide bonds. The summed E-state index contributed by atoms with van der Waals surface area (Å²) in [5.74, 6) is 0.0353. The molecule has 0 aromatic heterocycles. The Balaban J connectivity index is 2.84. The third-order valence-electron chi connectivity index (χ3n) is 2.37. The van der Waals surface area contributed by atoms with Gasteiger partial charge in [0, 0.05) is 0 Å². The number of Topliss-reactive ketones (excluding diaryl/α,β-unsaturated/α-hetero) is 1. The van der Waals surface area contributed by atoms with Crippen molar-refractivity contribution in [1.82, 2.24) is 0 Å². The molecule has 1 aliphatic heterocycles. The van der Waals surface area contributed by atoms with Gasteiger partial charge in [0.05, 0.1) is 0 Å². The molecule has 1 rings (SSSR count). The van der Waals surface area contributed by atoms with E-state index in [2.05, 4.69) is 0 Å². The number of hydrogen-bond donors (Lipinski definition) is 0. The van der Waals surface area contributed by atoms with Crippen molar-refractivity contribution in [3.8, 4) is 0 Å². The van der Waals surface area contributed by atoms with Gasteiger partial charge in [-0.05, 0) is 50.8 Å². The number of carbonyl (C=O) groups excluding carboxylic acids is 1. The number of allylic oxidation sites excluding steroid dienone is 1. The summed E-state index contributed by atoms with van der Waals surface area (Å²) in [6.07, 6.45) is 1.57. The lowest BCUT2D eigenvalue weighted by molar-refractivity contribution is -0.136. The summed E-state index contributed by atoms with van der Waals surface area (Å²) in [4.78, 5) is 11.2. The van der Waals surface area contributed by atoms with Gasteiger partial charge >= 0.3 is 0 Å². The van der Waals surface area contributed by atoms with Crippen molar-refractivity contribution in [3.05, 3.63) is 10.8 Å². The molecule has 0 N–H and O–H groups in total. The number of ketones is 1. The van der Waals surface area contributed by atoms with E-state index in [1.165, 1.54) is 6.92 Å². The van der Waals surface area contributed by atoms with Crippen LogP contribution in [0.3, 0.4) is 0 Å². The minimum Gasteiger partial charge on any atom is -0.469 e. The Hall–Kier alpha value is -0.500. The summed E-state index contributed by atoms with van der Waals surface area (Å²) < 4.78 is 5.34. The lowest BCUT2D eigenvalue weighted by atomic mass is 9.92. The molecule has 0 fully saturated rings. The third kappa shape index (κ3) is 1.63. The van der Waals surface area contributed by atoms with Gasteiger partial charge in [-0.1, -0.05) is 0 Å². The van der Waals surface area contributed by atoms with Gasteiger partial charge in [-0.3, -0.25) is 4.79 Å². The lowest BCUT2D eigenvalue weighted by Crippen LogP contribution is -2.38. The van der Waals surface area contributed by atoms with E-state index in [1.807, 2.05) is 6.92 Å². The fourth-order valence-electron chi connectivity index (χ4n) is 1.11. The summed E-state index contributed by atoms with van der Waals surface area (Å²) in [6.45, 7) is 5.23. The van der Waals surface area contributed by atoms with Gasteiger partial charge in [-0.15, -0.1) is 0 Å². The van der Waals surface area contributed by atoms with Crippen molar-refractivity contribution >= 4 is 17.4 Å². The molecule has 0 radical (unpaired) electrons. The van der Waals surface area contributed by atoms with Crippen molar-refractivity contribution < 1.29 is 9.53 Å². The van der Waals surface area contributed by atoms with E-state index in [0.29, 0.717) is 5.22 Å². The molecule has 1 unspecified atom stereocenters. The lowest BCUT2D eigenvalue weighted by Gasteiger charge is -2.32. The van der Waals surface area contributed by atoms with Crippen LogP contribution in [-0.2, 0) is 9.53 Å². The van der Waals surface area contributed by atoms with E-state index < -0.39 is 5.60 Å². The molecule has 0 bridgehead atoms. The van der Waals surface area contributed by atoms with Crippen LogP contribution < -0.4 is 0 Å². The van der Waals surface area contributed by atoms with E-state index in [4.69, 9.17) is 16.3 Å². The average Bonchev–Trinajstić information content (AvgIpc) is 1.97. The van der Waals surface area contributed by atoms with E-state index in [0.717, 1.165) is 18.4 Å². The second-order valence-corrected chi connectivity index (χ2v) is 3.79. The minimum atomic E-state index is -0.698. The molecular weight excluding hydrogens is 176 g/mol. The van der Waals surface area contributed by atoms with Crippen LogP contribution >= 0.6 is 11.6 Å². The molecular formula is C9H13ClO2. The molecule has 68 valence electrons. The number of ether oxygens (including phenoxy) is 1. The van der Waals surface area contributed by atoms with Crippen LogP contribution in [0, 0.1) is 0 Å². The highest BCUT2D eigenvalue weighted by Crippen LogP contribution is 2.33. The Morgan fingerprint density at radius 1 is 1.67 bits per heavy atom. The van der Waals surface area contributed by atoms with Crippen LogP contribution in [0.25, 0.3) is 0 Å². The molecule has 1 aliphatic rings. The number of rotatable bonds is 1. The van der Waals surface area contributed by atoms with Gasteiger partial charge in [-0.2, -0.15) is 0 Å². The van der Waals surface area contributed by atoms with Gasteiger partial charge in [0.15, 0.2) is 16.6 Å². The van der Waals surface area contributed by atoms with Gasteiger partial charge in [-0.25, -0.2) is 0 Å². The predicted octanol–water partition coefficient (Wildman–Crippen LogP) is 2.61. The van der Waals surface area contributed by atoms with Crippen molar-refractivity contribution in [2.24, 2.45) is 0 Å². The highest BCUT2D eigenvalue weighted by Gasteiger charge is 2.35. The predicted molar refractivity (Wildman–Crippen MR) is 48.0 cm³/mol. The van der Waals surface area contributed by atoms with E-state index in [9.17, 15) is 4.79 Å². The molecule has 2 nitrogen and oxygen atoms in total. The number of carbonyl (C=O) groups is 1. The fraction of sp³-hybridized carbons (Fsp3) is 0.667. The minimum absolute atomic E-state index is 0.0353. The van der Waals surface area contributed by atoms with Crippen LogP contribution in [0.1, 0.15) is 33.6 Å². The van der Waals surface area contributed by atoms with E-state index in [-0.39, 0.29) is 5.78 Å². The standard InChI is InChI=1S/C9H13ClO2/c1-6-4-5-9(3,7(2)11)12-8(6)10/h4-5H2,1-3H3. The van der Waals surface area contributed by atoms with Crippen LogP contribution in [-0.4, -0.2) is 11.4 Å². The smallest absolute Gasteiger partial charge is 0.187 e. The molecule has 3 heteroatoms. The highest BCUT2D eigenvalue weighted by atomic mass is 35.5. The van der Waals surface area contributed by atoms with Gasteiger partial charge < -0.3 is 4.74 Å². The zero-order chi connectivity index (χ0) is 9.35. The Morgan fingerprint density at radius 3 is 2.67 bits per heavy atom. The first kappa shape index (κ1) is 9.59. The normalized spacial score (nSPS) is 30.0. The number of halogens is 1. The van der Waals surface area contributed by atoms with Crippen LogP contribution in [0.2, 0.25) is 0 Å². The first-order valence-corrected chi connectivity index (χ1v) is 4.39. The number of hydrogen-bond acceptors (Lipinski definition) is 2. The quantitative estimate of drug-likeness (QED) is 0.633. The molecule has 0 aliphatic carbocycles. The maximum atomic E-state index is 11.2. The zero-order valence-corrected chi connectivity index (χ0v) is 8.36. The molecule has 0 spiro atoms. The van der Waals surface area contributed by atoms with Crippen LogP contribution in [0.5, 0.6) is 0 Å². The summed E-state index contributed by atoms with van der Waals surface area (Å²) in [7, 11) is 0. The zero-order valence-electron chi connectivity index (χ0n) is 7.61. The summed E-state index contributed by atoms with van der Waals surface area (Å²) in [5, 5.41) is 0.388. The summed E-state index contributed by atoms with van der Waals surface area (Å²) >= 11 is 5.80. The Kier molecular flexibility index (Phi) is 2.47. The second-order valence-electron chi connectivity index (χ2n) is 3.44. The molecule has 12 heavy (non-hydrogen) atoms. The first-order valence-electron chi connectivity index (χ1n) is 4.01. The van der Waals surface area contributed by atoms with Crippen molar-refractivity contribution in [1.29, 1.82) is 0 Å². The molecule has 0 saturated carbocycles. The monoisotopic (exact) mass is 188 g/mol. The Bertz CT molecular complexity index is 245. The Morgan fingerprint density at radius 2 is 2.25 bits per heavy atom. The maximum absolute atomic E-state index is 11.2. The highest BCUT2D eigenvalue weighted by molar-refractivity contribution is 6.28. The average molecular weight is 189 g/mol. The molecule has 0 aromatic carbocycles. The molecule has 1 heterocycles. The van der Waals surface area contributed by atoms with Crippen molar-refractivity contribution in [2.75, 3.05) is 0 Å². The topological polar surface area (TPSA) is 26.3 Å². The second kappa shape index (κ2) is 3.09. The van der Waals surface area contributed by atoms with E-state index in [1.54, 1.807) is 6.92 Å². The Labute approximate surface area is 77.5 Å². The van der Waals surface area contributed by atoms with Gasteiger partial charge in [0.25, 0.3) is 0 Å². The molecule has 0 aromatic rings. The van der Waals surface area contributed by atoms with Gasteiger partial charge in [0.1, 0.15) is 0 Å². The van der Waals surface area contributed by atoms with E-state index >= 15 is 0 Å². The molecule has 0 saturated heterocycles. The molecule has 1 atom stereocenters. The maximum Gasteiger partial charge on any atom is 0.187 e. The van der Waals surface area contributed by atoms with Gasteiger partial charge in [0.2, 0.25) is 0 Å². The fourth-order valence-corrected chi connectivity index (χ4v) is 1.37. The first-order chi connectivity index (χ1) is 5.46. The SMILES string of the molecule is CC(=O)C1(C)CCC(C)=C(Cl)O1. The van der Waals surface area contributed by atoms with Crippen molar-refractivity contribution in [3.63, 3.8) is 0 Å². The van der Waals surface area contributed by atoms with Crippen LogP contribution in [0.4, 0.5) is 0 Å². The largest absolute Gasteiger partial charge is 0.469 e. The third-order valence-corrected chi connectivity index (χ3v) is 2.77. The van der Waals surface area contributed by atoms with Crippen LogP contribution in [0.15, 0.2) is 10.8 Å². The van der Waals surface area contributed by atoms with Crippen molar-refractivity contribution in [2.45, 2.75) is 39.2 Å². The summed E-state index contributed by atoms with van der Waals surface area (Å²) in [6, 6.07) is 0.